The third-order valence-corrected chi connectivity index (χ3v) is 6.93. The molecule has 0 bridgehead atoms. The summed E-state index contributed by atoms with van der Waals surface area (Å²) in [5.74, 6) is -1.12. The Hall–Kier alpha value is -2.23. The number of aliphatic hydroxyl groups excluding tert-OH is 1. The third-order valence-electron chi connectivity index (χ3n) is 4.64. The van der Waals surface area contributed by atoms with Crippen LogP contribution in [0.1, 0.15) is 17.0 Å². The van der Waals surface area contributed by atoms with Gasteiger partial charge in [-0.2, -0.15) is 5.26 Å². The Morgan fingerprint density at radius 1 is 1.17 bits per heavy atom. The van der Waals surface area contributed by atoms with Gasteiger partial charge in [-0.25, -0.2) is 12.8 Å². The van der Waals surface area contributed by atoms with Gasteiger partial charge in [-0.3, -0.25) is 0 Å². The SMILES string of the molecule is Cc1ccc(S(=O)(=O)[C@H]2[C@H](c3ccc(F)cc3)[C@@]2(C#N)CO)cc1. The summed E-state index contributed by atoms with van der Waals surface area (Å²) in [6.07, 6.45) is 0. The Morgan fingerprint density at radius 3 is 2.25 bits per heavy atom. The van der Waals surface area contributed by atoms with Gasteiger partial charge in [-0.1, -0.05) is 29.8 Å². The van der Waals surface area contributed by atoms with Crippen molar-refractivity contribution in [2.45, 2.75) is 23.0 Å². The zero-order valence-corrected chi connectivity index (χ0v) is 13.8. The van der Waals surface area contributed by atoms with E-state index in [0.717, 1.165) is 5.56 Å². The largest absolute Gasteiger partial charge is 0.395 e. The minimum absolute atomic E-state index is 0.121. The second kappa shape index (κ2) is 5.69. The van der Waals surface area contributed by atoms with E-state index >= 15 is 0 Å². The number of halogens is 1. The van der Waals surface area contributed by atoms with E-state index in [1.807, 2.05) is 13.0 Å². The number of nitrogens with zero attached hydrogens (tertiary/aromatic N) is 1. The molecule has 2 aromatic rings. The fourth-order valence-corrected chi connectivity index (χ4v) is 5.55. The first-order chi connectivity index (χ1) is 11.4. The van der Waals surface area contributed by atoms with Gasteiger partial charge in [0, 0.05) is 5.92 Å². The van der Waals surface area contributed by atoms with E-state index in [1.165, 1.54) is 36.4 Å². The molecule has 6 heteroatoms. The minimum atomic E-state index is -3.80. The molecule has 1 N–H and O–H groups in total. The quantitative estimate of drug-likeness (QED) is 0.924. The van der Waals surface area contributed by atoms with Gasteiger partial charge >= 0.3 is 0 Å². The number of nitriles is 1. The molecule has 124 valence electrons. The smallest absolute Gasteiger partial charge is 0.183 e. The van der Waals surface area contributed by atoms with Crippen molar-refractivity contribution in [3.8, 4) is 6.07 Å². The monoisotopic (exact) mass is 345 g/mol. The van der Waals surface area contributed by atoms with Crippen molar-refractivity contribution < 1.29 is 17.9 Å². The molecule has 1 fully saturated rings. The number of aliphatic hydroxyl groups is 1. The Labute approximate surface area is 140 Å². The molecule has 0 heterocycles. The van der Waals surface area contributed by atoms with Crippen LogP contribution in [0.25, 0.3) is 0 Å². The first kappa shape index (κ1) is 16.6. The van der Waals surface area contributed by atoms with Gasteiger partial charge in [-0.15, -0.1) is 0 Å². The normalized spacial score (nSPS) is 25.9. The van der Waals surface area contributed by atoms with Crippen LogP contribution in [0, 0.1) is 29.5 Å². The molecular weight excluding hydrogens is 329 g/mol. The summed E-state index contributed by atoms with van der Waals surface area (Å²) in [4.78, 5) is 0.121. The highest BCUT2D eigenvalue weighted by molar-refractivity contribution is 7.92. The van der Waals surface area contributed by atoms with Crippen LogP contribution < -0.4 is 0 Å². The second-order valence-electron chi connectivity index (χ2n) is 6.12. The molecule has 3 atom stereocenters. The molecule has 0 saturated heterocycles. The summed E-state index contributed by atoms with van der Waals surface area (Å²) in [6, 6.07) is 13.7. The van der Waals surface area contributed by atoms with Gasteiger partial charge < -0.3 is 5.11 Å². The summed E-state index contributed by atoms with van der Waals surface area (Å²) in [5, 5.41) is 18.2. The van der Waals surface area contributed by atoms with Crippen LogP contribution >= 0.6 is 0 Å². The lowest BCUT2D eigenvalue weighted by Gasteiger charge is -2.06. The number of benzene rings is 2. The van der Waals surface area contributed by atoms with Crippen LogP contribution in [0.3, 0.4) is 0 Å². The molecular formula is C18H16FNO3S. The van der Waals surface area contributed by atoms with Crippen molar-refractivity contribution in [1.82, 2.24) is 0 Å². The fourth-order valence-electron chi connectivity index (χ4n) is 3.23. The third kappa shape index (κ3) is 2.41. The van der Waals surface area contributed by atoms with Crippen LogP contribution in [0.15, 0.2) is 53.4 Å². The highest BCUT2D eigenvalue weighted by Gasteiger charge is 2.72. The van der Waals surface area contributed by atoms with E-state index < -0.39 is 38.8 Å². The van der Waals surface area contributed by atoms with Crippen molar-refractivity contribution in [3.63, 3.8) is 0 Å². The molecule has 0 aliphatic heterocycles. The van der Waals surface area contributed by atoms with E-state index in [4.69, 9.17) is 0 Å². The summed E-state index contributed by atoms with van der Waals surface area (Å²) >= 11 is 0. The van der Waals surface area contributed by atoms with Gasteiger partial charge in [0.05, 0.1) is 22.8 Å². The van der Waals surface area contributed by atoms with Crippen molar-refractivity contribution in [1.29, 1.82) is 5.26 Å². The second-order valence-corrected chi connectivity index (χ2v) is 8.19. The van der Waals surface area contributed by atoms with Crippen LogP contribution in [0.2, 0.25) is 0 Å². The molecule has 1 aliphatic carbocycles. The van der Waals surface area contributed by atoms with Crippen LogP contribution in [0.4, 0.5) is 4.39 Å². The van der Waals surface area contributed by atoms with Gasteiger partial charge in [0.2, 0.25) is 0 Å². The number of aryl methyl sites for hydroxylation is 1. The Kier molecular flexibility index (Phi) is 3.94. The van der Waals surface area contributed by atoms with E-state index in [-0.39, 0.29) is 4.90 Å². The van der Waals surface area contributed by atoms with Crippen molar-refractivity contribution in [3.05, 3.63) is 65.5 Å². The lowest BCUT2D eigenvalue weighted by atomic mass is 10.0. The van der Waals surface area contributed by atoms with Crippen LogP contribution in [-0.2, 0) is 9.84 Å². The van der Waals surface area contributed by atoms with E-state index in [1.54, 1.807) is 12.1 Å². The molecule has 0 radical (unpaired) electrons. The number of hydrogen-bond acceptors (Lipinski definition) is 4. The zero-order chi connectivity index (χ0) is 17.5. The summed E-state index contributed by atoms with van der Waals surface area (Å²) in [5.41, 5.74) is 0.0582. The van der Waals surface area contributed by atoms with Gasteiger partial charge in [0.1, 0.15) is 11.2 Å². The number of hydrogen-bond donors (Lipinski definition) is 1. The van der Waals surface area contributed by atoms with Gasteiger partial charge in [0.15, 0.2) is 9.84 Å². The van der Waals surface area contributed by atoms with Crippen molar-refractivity contribution >= 4 is 9.84 Å². The van der Waals surface area contributed by atoms with E-state index in [0.29, 0.717) is 5.56 Å². The summed E-state index contributed by atoms with van der Waals surface area (Å²) in [6.45, 7) is 1.28. The maximum absolute atomic E-state index is 13.1. The van der Waals surface area contributed by atoms with Crippen molar-refractivity contribution in [2.24, 2.45) is 5.41 Å². The maximum Gasteiger partial charge on any atom is 0.183 e. The summed E-state index contributed by atoms with van der Waals surface area (Å²) in [7, 11) is -3.80. The molecule has 0 amide bonds. The molecule has 1 saturated carbocycles. The average Bonchev–Trinajstić information content (AvgIpc) is 3.26. The lowest BCUT2D eigenvalue weighted by molar-refractivity contribution is 0.242. The Bertz CT molecular complexity index is 901. The first-order valence-electron chi connectivity index (χ1n) is 7.45. The van der Waals surface area contributed by atoms with E-state index in [2.05, 4.69) is 0 Å². The van der Waals surface area contributed by atoms with Crippen molar-refractivity contribution in [2.75, 3.05) is 6.61 Å². The highest BCUT2D eigenvalue weighted by atomic mass is 32.2. The molecule has 4 nitrogen and oxygen atoms in total. The molecule has 3 rings (SSSR count). The molecule has 2 aromatic carbocycles. The van der Waals surface area contributed by atoms with Gasteiger partial charge in [0.25, 0.3) is 0 Å². The summed E-state index contributed by atoms with van der Waals surface area (Å²) < 4.78 is 39.0. The van der Waals surface area contributed by atoms with E-state index in [9.17, 15) is 23.2 Å². The molecule has 1 aliphatic rings. The zero-order valence-electron chi connectivity index (χ0n) is 13.0. The Balaban J connectivity index is 2.06. The molecule has 0 spiro atoms. The average molecular weight is 345 g/mol. The predicted molar refractivity (Wildman–Crippen MR) is 86.4 cm³/mol. The fraction of sp³-hybridized carbons (Fsp3) is 0.278. The minimum Gasteiger partial charge on any atom is -0.395 e. The first-order valence-corrected chi connectivity index (χ1v) is 8.99. The highest BCUT2D eigenvalue weighted by Crippen LogP contribution is 2.63. The molecule has 0 aromatic heterocycles. The van der Waals surface area contributed by atoms with Crippen LogP contribution in [0.5, 0.6) is 0 Å². The van der Waals surface area contributed by atoms with Gasteiger partial charge in [-0.05, 0) is 36.8 Å². The Morgan fingerprint density at radius 2 is 1.75 bits per heavy atom. The molecule has 24 heavy (non-hydrogen) atoms. The molecule has 0 unspecified atom stereocenters. The topological polar surface area (TPSA) is 78.2 Å². The standard InChI is InChI=1S/C18H16FNO3S/c1-12-2-8-15(9-3-12)24(22,23)17-16(18(17,10-20)11-21)13-4-6-14(19)7-5-13/h2-9,16-17,21H,11H2,1H3/t16-,17-,18+/m0/s1. The maximum atomic E-state index is 13.1. The van der Waals surface area contributed by atoms with Crippen LogP contribution in [-0.4, -0.2) is 25.4 Å². The number of sulfone groups is 1. The lowest BCUT2D eigenvalue weighted by Crippen LogP contribution is -2.18. The number of rotatable bonds is 4. The predicted octanol–water partition coefficient (Wildman–Crippen LogP) is 2.58.